The van der Waals surface area contributed by atoms with Gasteiger partial charge in [0.1, 0.15) is 0 Å². The molecular weight excluding hydrogens is 238 g/mol. The van der Waals surface area contributed by atoms with E-state index in [1.165, 1.54) is 6.54 Å². The predicted octanol–water partition coefficient (Wildman–Crippen LogP) is 1.56. The topological polar surface area (TPSA) is 35.6 Å². The van der Waals surface area contributed by atoms with Crippen LogP contribution in [0.2, 0.25) is 0 Å². The largest absolute Gasteiger partial charge is 0.341 e. The summed E-state index contributed by atoms with van der Waals surface area (Å²) in [5, 5.41) is 3.10. The number of nitrogens with one attached hydrogen (secondary N) is 1. The summed E-state index contributed by atoms with van der Waals surface area (Å²) in [6.45, 7) is 13.6. The maximum Gasteiger partial charge on any atom is 0.242 e. The fourth-order valence-corrected chi connectivity index (χ4v) is 2.67. The predicted molar refractivity (Wildman–Crippen MR) is 80.2 cm³/mol. The number of carbonyl (C=O) groups excluding carboxylic acids is 1. The summed E-state index contributed by atoms with van der Waals surface area (Å²) >= 11 is 0. The number of hydrogen-bond acceptors (Lipinski definition) is 3. The van der Waals surface area contributed by atoms with Gasteiger partial charge in [-0.05, 0) is 52.7 Å². The molecule has 0 aliphatic carbocycles. The van der Waals surface area contributed by atoms with Crippen LogP contribution in [-0.4, -0.2) is 61.0 Å². The van der Waals surface area contributed by atoms with Gasteiger partial charge in [-0.2, -0.15) is 0 Å². The average molecular weight is 269 g/mol. The molecule has 4 heteroatoms. The van der Waals surface area contributed by atoms with Gasteiger partial charge in [0.15, 0.2) is 0 Å². The number of carbonyl (C=O) groups is 1. The van der Waals surface area contributed by atoms with E-state index in [0.29, 0.717) is 0 Å². The van der Waals surface area contributed by atoms with Crippen molar-refractivity contribution < 1.29 is 4.79 Å². The lowest BCUT2D eigenvalue weighted by molar-refractivity contribution is -0.138. The Morgan fingerprint density at radius 2 is 1.79 bits per heavy atom. The fourth-order valence-electron chi connectivity index (χ4n) is 2.67. The van der Waals surface area contributed by atoms with Crippen molar-refractivity contribution >= 4 is 5.91 Å². The first-order chi connectivity index (χ1) is 8.94. The number of hydrogen-bond donors (Lipinski definition) is 1. The third-order valence-electron chi connectivity index (χ3n) is 4.47. The number of amides is 1. The number of likely N-dealkylation sites (N-methyl/N-ethyl adjacent to an activating group) is 1. The molecule has 0 unspecified atom stereocenters. The first kappa shape index (κ1) is 16.4. The second-order valence-electron chi connectivity index (χ2n) is 6.10. The Kier molecular flexibility index (Phi) is 6.27. The van der Waals surface area contributed by atoms with Crippen LogP contribution in [0.25, 0.3) is 0 Å². The summed E-state index contributed by atoms with van der Waals surface area (Å²) in [5.41, 5.74) is -0.439. The molecule has 1 aliphatic rings. The summed E-state index contributed by atoms with van der Waals surface area (Å²) in [5.74, 6) is 0.984. The molecule has 1 amide bonds. The van der Waals surface area contributed by atoms with Crippen LogP contribution in [0.1, 0.15) is 40.5 Å². The molecule has 0 aromatic rings. The van der Waals surface area contributed by atoms with Gasteiger partial charge in [0, 0.05) is 19.6 Å². The van der Waals surface area contributed by atoms with Crippen molar-refractivity contribution in [2.75, 3.05) is 39.8 Å². The van der Waals surface area contributed by atoms with Crippen LogP contribution in [0.4, 0.5) is 0 Å². The minimum absolute atomic E-state index is 0.233. The molecule has 0 atom stereocenters. The lowest BCUT2D eigenvalue weighted by Crippen LogP contribution is -2.54. The van der Waals surface area contributed by atoms with E-state index in [4.69, 9.17) is 0 Å². The van der Waals surface area contributed by atoms with Crippen molar-refractivity contribution in [3.63, 3.8) is 0 Å². The van der Waals surface area contributed by atoms with Gasteiger partial charge in [-0.25, -0.2) is 0 Å². The SMILES string of the molecule is CCN(CC)CC1CCN(C(=O)C(C)(C)NC)CC1. The van der Waals surface area contributed by atoms with Gasteiger partial charge in [0.05, 0.1) is 5.54 Å². The lowest BCUT2D eigenvalue weighted by Gasteiger charge is -2.38. The van der Waals surface area contributed by atoms with Crippen molar-refractivity contribution in [1.29, 1.82) is 0 Å². The normalized spacial score (nSPS) is 18.1. The molecule has 0 saturated carbocycles. The highest BCUT2D eigenvalue weighted by Crippen LogP contribution is 2.20. The minimum atomic E-state index is -0.439. The Hall–Kier alpha value is -0.610. The van der Waals surface area contributed by atoms with E-state index in [1.807, 2.05) is 25.8 Å². The molecule has 0 aromatic carbocycles. The zero-order valence-corrected chi connectivity index (χ0v) is 13.3. The van der Waals surface area contributed by atoms with Crippen LogP contribution in [-0.2, 0) is 4.79 Å². The molecule has 0 bridgehead atoms. The van der Waals surface area contributed by atoms with E-state index < -0.39 is 5.54 Å². The van der Waals surface area contributed by atoms with Gasteiger partial charge >= 0.3 is 0 Å². The van der Waals surface area contributed by atoms with E-state index in [2.05, 4.69) is 24.1 Å². The van der Waals surface area contributed by atoms with Gasteiger partial charge in [0.25, 0.3) is 0 Å². The van der Waals surface area contributed by atoms with E-state index in [1.54, 1.807) is 0 Å². The Morgan fingerprint density at radius 3 is 2.21 bits per heavy atom. The molecule has 1 fully saturated rings. The molecule has 1 N–H and O–H groups in total. The Morgan fingerprint density at radius 1 is 1.26 bits per heavy atom. The molecule has 112 valence electrons. The molecular formula is C15H31N3O. The van der Waals surface area contributed by atoms with Crippen LogP contribution < -0.4 is 5.32 Å². The van der Waals surface area contributed by atoms with Crippen LogP contribution in [0, 0.1) is 5.92 Å². The monoisotopic (exact) mass is 269 g/mol. The van der Waals surface area contributed by atoms with E-state index >= 15 is 0 Å². The summed E-state index contributed by atoms with van der Waals surface area (Å²) in [6.07, 6.45) is 2.28. The Balaban J connectivity index is 2.43. The zero-order chi connectivity index (χ0) is 14.5. The number of likely N-dealkylation sites (tertiary alicyclic amines) is 1. The minimum Gasteiger partial charge on any atom is -0.341 e. The van der Waals surface area contributed by atoms with Crippen LogP contribution >= 0.6 is 0 Å². The quantitative estimate of drug-likeness (QED) is 0.795. The standard InChI is InChI=1S/C15H31N3O/c1-6-17(7-2)12-13-8-10-18(11-9-13)14(19)15(3,4)16-5/h13,16H,6-12H2,1-5H3. The molecule has 1 heterocycles. The second kappa shape index (κ2) is 7.25. The number of nitrogens with zero attached hydrogens (tertiary/aromatic N) is 2. The summed E-state index contributed by atoms with van der Waals surface area (Å²) in [6, 6.07) is 0. The van der Waals surface area contributed by atoms with Crippen molar-refractivity contribution in [2.45, 2.75) is 46.1 Å². The fraction of sp³-hybridized carbons (Fsp3) is 0.933. The molecule has 0 radical (unpaired) electrons. The van der Waals surface area contributed by atoms with E-state index in [9.17, 15) is 4.79 Å². The molecule has 0 aromatic heterocycles. The maximum absolute atomic E-state index is 12.3. The van der Waals surface area contributed by atoms with Crippen LogP contribution in [0.3, 0.4) is 0 Å². The van der Waals surface area contributed by atoms with E-state index in [0.717, 1.165) is 44.9 Å². The third kappa shape index (κ3) is 4.46. The lowest BCUT2D eigenvalue weighted by atomic mass is 9.94. The third-order valence-corrected chi connectivity index (χ3v) is 4.47. The molecule has 1 rings (SSSR count). The Bertz CT molecular complexity index is 279. The summed E-state index contributed by atoms with van der Waals surface area (Å²) in [7, 11) is 1.85. The van der Waals surface area contributed by atoms with E-state index in [-0.39, 0.29) is 5.91 Å². The maximum atomic E-state index is 12.3. The summed E-state index contributed by atoms with van der Waals surface area (Å²) in [4.78, 5) is 16.9. The highest BCUT2D eigenvalue weighted by atomic mass is 16.2. The molecule has 19 heavy (non-hydrogen) atoms. The zero-order valence-electron chi connectivity index (χ0n) is 13.3. The highest BCUT2D eigenvalue weighted by Gasteiger charge is 2.32. The van der Waals surface area contributed by atoms with Gasteiger partial charge in [-0.3, -0.25) is 4.79 Å². The Labute approximate surface area is 118 Å². The first-order valence-corrected chi connectivity index (χ1v) is 7.65. The first-order valence-electron chi connectivity index (χ1n) is 7.65. The van der Waals surface area contributed by atoms with Crippen molar-refractivity contribution in [2.24, 2.45) is 5.92 Å². The number of piperidine rings is 1. The van der Waals surface area contributed by atoms with Crippen molar-refractivity contribution in [3.8, 4) is 0 Å². The van der Waals surface area contributed by atoms with Gasteiger partial charge < -0.3 is 15.1 Å². The van der Waals surface area contributed by atoms with Crippen molar-refractivity contribution in [3.05, 3.63) is 0 Å². The summed E-state index contributed by atoms with van der Waals surface area (Å²) < 4.78 is 0. The molecule has 1 saturated heterocycles. The van der Waals surface area contributed by atoms with Gasteiger partial charge in [-0.1, -0.05) is 13.8 Å². The average Bonchev–Trinajstić information content (AvgIpc) is 2.44. The smallest absolute Gasteiger partial charge is 0.242 e. The van der Waals surface area contributed by atoms with Gasteiger partial charge in [0.2, 0.25) is 5.91 Å². The molecule has 1 aliphatic heterocycles. The highest BCUT2D eigenvalue weighted by molar-refractivity contribution is 5.85. The van der Waals surface area contributed by atoms with Gasteiger partial charge in [-0.15, -0.1) is 0 Å². The number of rotatable bonds is 6. The molecule has 0 spiro atoms. The molecule has 4 nitrogen and oxygen atoms in total. The van der Waals surface area contributed by atoms with Crippen LogP contribution in [0.15, 0.2) is 0 Å². The van der Waals surface area contributed by atoms with Crippen LogP contribution in [0.5, 0.6) is 0 Å². The van der Waals surface area contributed by atoms with Crippen molar-refractivity contribution in [1.82, 2.24) is 15.1 Å². The second-order valence-corrected chi connectivity index (χ2v) is 6.10.